The third-order valence-electron chi connectivity index (χ3n) is 3.77. The van der Waals surface area contributed by atoms with Gasteiger partial charge >= 0.3 is 10.1 Å². The molecule has 0 amide bonds. The minimum atomic E-state index is -4.01. The van der Waals surface area contributed by atoms with Gasteiger partial charge in [-0.15, -0.1) is 0 Å². The minimum absolute atomic E-state index is 0.0154. The molecular formula is C19H11BrO6S. The highest BCUT2D eigenvalue weighted by Gasteiger charge is 2.29. The molecule has 0 atom stereocenters. The number of furan rings is 1. The van der Waals surface area contributed by atoms with Crippen LogP contribution in [0.4, 0.5) is 0 Å². The molecule has 8 heteroatoms. The Morgan fingerprint density at radius 1 is 1.04 bits per heavy atom. The van der Waals surface area contributed by atoms with Crippen molar-refractivity contribution in [2.45, 2.75) is 4.90 Å². The molecule has 0 saturated heterocycles. The lowest BCUT2D eigenvalue weighted by molar-refractivity contribution is 0.101. The Morgan fingerprint density at radius 3 is 2.52 bits per heavy atom. The average Bonchev–Trinajstić information content (AvgIpc) is 3.24. The summed E-state index contributed by atoms with van der Waals surface area (Å²) < 4.78 is 41.4. The van der Waals surface area contributed by atoms with Crippen molar-refractivity contribution >= 4 is 37.9 Å². The molecule has 1 aliphatic rings. The number of rotatable bonds is 4. The van der Waals surface area contributed by atoms with E-state index < -0.39 is 10.1 Å². The second-order valence-electron chi connectivity index (χ2n) is 5.60. The third kappa shape index (κ3) is 3.54. The predicted octanol–water partition coefficient (Wildman–Crippen LogP) is 4.43. The number of hydrogen-bond acceptors (Lipinski definition) is 6. The standard InChI is InChI=1S/C19H11BrO6S/c20-12-3-6-15(7-4-12)27(22,23)26-14-5-8-16-17(11-14)25-18(19(16)21)10-13-2-1-9-24-13/h1-11H/b18-10-. The summed E-state index contributed by atoms with van der Waals surface area (Å²) in [7, 11) is -4.01. The Kier molecular flexibility index (Phi) is 4.37. The third-order valence-corrected chi connectivity index (χ3v) is 5.56. The lowest BCUT2D eigenvalue weighted by atomic mass is 10.1. The maximum absolute atomic E-state index is 12.4. The summed E-state index contributed by atoms with van der Waals surface area (Å²) in [4.78, 5) is 12.4. The first-order chi connectivity index (χ1) is 12.9. The van der Waals surface area contributed by atoms with E-state index in [1.54, 1.807) is 24.3 Å². The lowest BCUT2D eigenvalue weighted by Crippen LogP contribution is -2.09. The highest BCUT2D eigenvalue weighted by atomic mass is 79.9. The Hall–Kier alpha value is -2.84. The van der Waals surface area contributed by atoms with Gasteiger partial charge in [-0.05, 0) is 48.5 Å². The second kappa shape index (κ2) is 6.71. The van der Waals surface area contributed by atoms with E-state index in [9.17, 15) is 13.2 Å². The van der Waals surface area contributed by atoms with Crippen molar-refractivity contribution < 1.29 is 26.5 Å². The van der Waals surface area contributed by atoms with Crippen LogP contribution in [-0.2, 0) is 10.1 Å². The smallest absolute Gasteiger partial charge is 0.339 e. The molecule has 27 heavy (non-hydrogen) atoms. The lowest BCUT2D eigenvalue weighted by Gasteiger charge is -2.08. The SMILES string of the molecule is O=C1/C(=C/c2ccco2)Oc2cc(OS(=O)(=O)c3ccc(Br)cc3)ccc21. The number of allylic oxidation sites excluding steroid dienone is 1. The maximum Gasteiger partial charge on any atom is 0.339 e. The Labute approximate surface area is 163 Å². The van der Waals surface area contributed by atoms with Gasteiger partial charge in [0.05, 0.1) is 11.8 Å². The number of benzene rings is 2. The van der Waals surface area contributed by atoms with Gasteiger partial charge in [0.15, 0.2) is 5.76 Å². The number of Topliss-reactive ketones (excluding diaryl/α,β-unsaturated/α-hetero) is 1. The molecule has 0 aliphatic carbocycles. The van der Waals surface area contributed by atoms with Crippen molar-refractivity contribution in [3.8, 4) is 11.5 Å². The van der Waals surface area contributed by atoms with Gasteiger partial charge < -0.3 is 13.3 Å². The van der Waals surface area contributed by atoms with Crippen LogP contribution in [0.2, 0.25) is 0 Å². The Bertz CT molecular complexity index is 1150. The van der Waals surface area contributed by atoms with Crippen LogP contribution in [-0.4, -0.2) is 14.2 Å². The summed E-state index contributed by atoms with van der Waals surface area (Å²) >= 11 is 3.25. The predicted molar refractivity (Wildman–Crippen MR) is 100 cm³/mol. The zero-order valence-electron chi connectivity index (χ0n) is 13.6. The maximum atomic E-state index is 12.4. The number of fused-ring (bicyclic) bond motifs is 1. The van der Waals surface area contributed by atoms with Gasteiger partial charge in [-0.2, -0.15) is 8.42 Å². The summed E-state index contributed by atoms with van der Waals surface area (Å²) in [5.41, 5.74) is 0.321. The Morgan fingerprint density at radius 2 is 1.81 bits per heavy atom. The molecule has 0 radical (unpaired) electrons. The fraction of sp³-hybridized carbons (Fsp3) is 0. The number of ether oxygens (including phenoxy) is 1. The normalized spacial score (nSPS) is 14.9. The summed E-state index contributed by atoms with van der Waals surface area (Å²) in [6, 6.07) is 13.7. The molecule has 0 unspecified atom stereocenters. The molecule has 2 heterocycles. The zero-order valence-corrected chi connectivity index (χ0v) is 16.0. The molecule has 4 rings (SSSR count). The molecule has 0 N–H and O–H groups in total. The first-order valence-electron chi connectivity index (χ1n) is 7.74. The van der Waals surface area contributed by atoms with E-state index in [0.717, 1.165) is 4.47 Å². The van der Waals surface area contributed by atoms with Gasteiger partial charge in [0.25, 0.3) is 0 Å². The summed E-state index contributed by atoms with van der Waals surface area (Å²) in [6.45, 7) is 0. The van der Waals surface area contributed by atoms with Crippen molar-refractivity contribution in [3.05, 3.63) is 82.4 Å². The van der Waals surface area contributed by atoms with Gasteiger partial charge in [0.1, 0.15) is 22.2 Å². The number of carbonyl (C=O) groups is 1. The van der Waals surface area contributed by atoms with Crippen LogP contribution in [0.15, 0.2) is 80.4 Å². The molecule has 0 fully saturated rings. The van der Waals surface area contributed by atoms with Crippen molar-refractivity contribution in [3.63, 3.8) is 0 Å². The van der Waals surface area contributed by atoms with E-state index in [-0.39, 0.29) is 27.9 Å². The van der Waals surface area contributed by atoms with E-state index in [0.29, 0.717) is 11.3 Å². The molecule has 2 aromatic carbocycles. The number of hydrogen-bond donors (Lipinski definition) is 0. The average molecular weight is 447 g/mol. The quantitative estimate of drug-likeness (QED) is 0.435. The fourth-order valence-corrected chi connectivity index (χ4v) is 3.68. The summed E-state index contributed by atoms with van der Waals surface area (Å²) in [6.07, 6.45) is 2.96. The molecule has 136 valence electrons. The highest BCUT2D eigenvalue weighted by molar-refractivity contribution is 9.10. The van der Waals surface area contributed by atoms with Crippen LogP contribution in [0.3, 0.4) is 0 Å². The van der Waals surface area contributed by atoms with E-state index in [4.69, 9.17) is 13.3 Å². The highest BCUT2D eigenvalue weighted by Crippen LogP contribution is 2.35. The molecule has 3 aromatic rings. The van der Waals surface area contributed by atoms with Crippen LogP contribution >= 0.6 is 15.9 Å². The van der Waals surface area contributed by atoms with Crippen LogP contribution < -0.4 is 8.92 Å². The van der Waals surface area contributed by atoms with E-state index >= 15 is 0 Å². The Balaban J connectivity index is 1.60. The van der Waals surface area contributed by atoms with E-state index in [1.807, 2.05) is 0 Å². The molecule has 1 aliphatic heterocycles. The molecule has 0 saturated carbocycles. The molecule has 1 aromatic heterocycles. The van der Waals surface area contributed by atoms with Crippen LogP contribution in [0.5, 0.6) is 11.5 Å². The van der Waals surface area contributed by atoms with Gasteiger partial charge in [-0.3, -0.25) is 4.79 Å². The van der Waals surface area contributed by atoms with Crippen molar-refractivity contribution in [1.82, 2.24) is 0 Å². The van der Waals surface area contributed by atoms with Crippen LogP contribution in [0.25, 0.3) is 6.08 Å². The van der Waals surface area contributed by atoms with E-state index in [2.05, 4.69) is 15.9 Å². The van der Waals surface area contributed by atoms with Gasteiger partial charge in [0, 0.05) is 16.6 Å². The van der Waals surface area contributed by atoms with Crippen LogP contribution in [0, 0.1) is 0 Å². The fourth-order valence-electron chi connectivity index (χ4n) is 2.50. The second-order valence-corrected chi connectivity index (χ2v) is 8.07. The molecule has 0 spiro atoms. The van der Waals surface area contributed by atoms with Crippen molar-refractivity contribution in [2.75, 3.05) is 0 Å². The first-order valence-corrected chi connectivity index (χ1v) is 9.94. The zero-order chi connectivity index (χ0) is 19.0. The summed E-state index contributed by atoms with van der Waals surface area (Å²) in [5.74, 6) is 0.516. The number of ketones is 1. The van der Waals surface area contributed by atoms with Crippen molar-refractivity contribution in [1.29, 1.82) is 0 Å². The van der Waals surface area contributed by atoms with E-state index in [1.165, 1.54) is 42.7 Å². The summed E-state index contributed by atoms with van der Waals surface area (Å²) in [5, 5.41) is 0. The first kappa shape index (κ1) is 17.6. The monoisotopic (exact) mass is 446 g/mol. The number of halogens is 1. The number of carbonyl (C=O) groups excluding carboxylic acids is 1. The topological polar surface area (TPSA) is 82.8 Å². The van der Waals surface area contributed by atoms with Gasteiger partial charge in [-0.1, -0.05) is 15.9 Å². The van der Waals surface area contributed by atoms with Crippen LogP contribution in [0.1, 0.15) is 16.1 Å². The molecule has 6 nitrogen and oxygen atoms in total. The molecule has 0 bridgehead atoms. The molecular weight excluding hydrogens is 436 g/mol. The van der Waals surface area contributed by atoms with Crippen molar-refractivity contribution in [2.24, 2.45) is 0 Å². The van der Waals surface area contributed by atoms with Gasteiger partial charge in [0.2, 0.25) is 5.78 Å². The minimum Gasteiger partial charge on any atom is -0.465 e. The largest absolute Gasteiger partial charge is 0.465 e. The van der Waals surface area contributed by atoms with Gasteiger partial charge in [-0.25, -0.2) is 0 Å².